The molecule has 1 heterocycles. The SMILES string of the molecule is O=C(OC[C@H]1O[C@H](Oc2ccc([N+](=O)[O-])cc2)[C@H](OC(=O)c2ccccc2)[C@@H](OC(=O)c2ccccc2)[C@H]1Oc1ccc([N+](=O)[O-])cc1)c1ccccc1. The third-order valence-corrected chi connectivity index (χ3v) is 8.10. The molecule has 1 saturated heterocycles. The smallest absolute Gasteiger partial charge is 0.338 e. The second kappa shape index (κ2) is 16.9. The summed E-state index contributed by atoms with van der Waals surface area (Å²) in [6.45, 7) is -0.510. The summed E-state index contributed by atoms with van der Waals surface area (Å²) in [5.41, 5.74) is 0.0314. The number of esters is 3. The first-order valence-corrected chi connectivity index (χ1v) is 16.4. The number of nitrogens with zero attached hydrogens (tertiary/aromatic N) is 2. The van der Waals surface area contributed by atoms with Gasteiger partial charge in [0.25, 0.3) is 11.4 Å². The molecule has 15 nitrogen and oxygen atoms in total. The van der Waals surface area contributed by atoms with E-state index in [9.17, 15) is 34.6 Å². The summed E-state index contributed by atoms with van der Waals surface area (Å²) in [4.78, 5) is 62.0. The van der Waals surface area contributed by atoms with Crippen molar-refractivity contribution in [3.63, 3.8) is 0 Å². The topological polar surface area (TPSA) is 193 Å². The molecular formula is C39H30N2O13. The number of ether oxygens (including phenoxy) is 6. The highest BCUT2D eigenvalue weighted by atomic mass is 16.7. The third-order valence-electron chi connectivity index (χ3n) is 8.10. The van der Waals surface area contributed by atoms with Crippen LogP contribution in [-0.2, 0) is 18.9 Å². The maximum Gasteiger partial charge on any atom is 0.338 e. The second-order valence-electron chi connectivity index (χ2n) is 11.7. The summed E-state index contributed by atoms with van der Waals surface area (Å²) in [7, 11) is 0. The lowest BCUT2D eigenvalue weighted by atomic mass is 9.97. The Labute approximate surface area is 306 Å². The van der Waals surface area contributed by atoms with Crippen molar-refractivity contribution in [2.24, 2.45) is 0 Å². The van der Waals surface area contributed by atoms with Gasteiger partial charge in [-0.1, -0.05) is 54.6 Å². The van der Waals surface area contributed by atoms with Gasteiger partial charge in [-0.2, -0.15) is 0 Å². The van der Waals surface area contributed by atoms with Crippen LogP contribution in [0.3, 0.4) is 0 Å². The molecule has 0 unspecified atom stereocenters. The molecule has 0 aromatic heterocycles. The Kier molecular flexibility index (Phi) is 11.5. The highest BCUT2D eigenvalue weighted by Gasteiger charge is 2.54. The number of nitro groups is 2. The van der Waals surface area contributed by atoms with E-state index in [2.05, 4.69) is 0 Å². The number of carbonyl (C=O) groups is 3. The van der Waals surface area contributed by atoms with E-state index in [0.717, 1.165) is 0 Å². The Morgan fingerprint density at radius 2 is 0.926 bits per heavy atom. The Bertz CT molecular complexity index is 2080. The van der Waals surface area contributed by atoms with Gasteiger partial charge in [0.15, 0.2) is 12.2 Å². The Hall–Kier alpha value is -7.13. The summed E-state index contributed by atoms with van der Waals surface area (Å²) >= 11 is 0. The minimum absolute atomic E-state index is 0.0502. The van der Waals surface area contributed by atoms with E-state index in [4.69, 9.17) is 28.4 Å². The molecule has 0 spiro atoms. The predicted molar refractivity (Wildman–Crippen MR) is 188 cm³/mol. The number of nitro benzene ring substituents is 2. The van der Waals surface area contributed by atoms with Crippen molar-refractivity contribution >= 4 is 29.3 Å². The summed E-state index contributed by atoms with van der Waals surface area (Å²) in [6, 6.07) is 33.9. The lowest BCUT2D eigenvalue weighted by Gasteiger charge is -2.44. The van der Waals surface area contributed by atoms with E-state index in [1.165, 1.54) is 72.8 Å². The maximum absolute atomic E-state index is 13.7. The van der Waals surface area contributed by atoms with Crippen LogP contribution in [-0.4, -0.2) is 65.1 Å². The number of non-ortho nitro benzene ring substituents is 2. The van der Waals surface area contributed by atoms with Gasteiger partial charge in [-0.05, 0) is 60.7 Å². The number of carbonyl (C=O) groups excluding carboxylic acids is 3. The van der Waals surface area contributed by atoms with Crippen molar-refractivity contribution in [1.82, 2.24) is 0 Å². The molecule has 5 aromatic carbocycles. The maximum atomic E-state index is 13.7. The molecule has 1 aliphatic rings. The molecule has 15 heteroatoms. The molecule has 1 aliphatic heterocycles. The Morgan fingerprint density at radius 1 is 0.519 bits per heavy atom. The zero-order chi connectivity index (χ0) is 38.0. The molecule has 6 rings (SSSR count). The standard InChI is InChI=1S/C39H30N2O13/c42-36(25-10-4-1-5-11-25)49-24-32-33(50-30-20-16-28(17-21-30)40(45)46)34(53-37(43)26-12-6-2-7-13-26)35(54-38(44)27-14-8-3-9-15-27)39(52-32)51-31-22-18-29(19-23-31)41(47)48/h1-23,32-35,39H,24H2/t32-,33+,34+,35-,39+/m1/s1. The fourth-order valence-electron chi connectivity index (χ4n) is 5.44. The van der Waals surface area contributed by atoms with Crippen LogP contribution in [0.1, 0.15) is 31.1 Å². The number of hydrogen-bond acceptors (Lipinski definition) is 13. The molecular weight excluding hydrogens is 704 g/mol. The molecule has 5 atom stereocenters. The molecule has 54 heavy (non-hydrogen) atoms. The Balaban J connectivity index is 1.43. The van der Waals surface area contributed by atoms with Crippen molar-refractivity contribution < 1.29 is 52.7 Å². The quantitative estimate of drug-likeness (QED) is 0.0562. The molecule has 0 N–H and O–H groups in total. The van der Waals surface area contributed by atoms with Crippen LogP contribution in [0.25, 0.3) is 0 Å². The second-order valence-corrected chi connectivity index (χ2v) is 11.7. The fraction of sp³-hybridized carbons (Fsp3) is 0.154. The fourth-order valence-corrected chi connectivity index (χ4v) is 5.44. The average molecular weight is 735 g/mol. The summed E-state index contributed by atoms with van der Waals surface area (Å²) in [5.74, 6) is -2.32. The predicted octanol–water partition coefficient (Wildman–Crippen LogP) is 6.36. The van der Waals surface area contributed by atoms with Gasteiger partial charge in [0.2, 0.25) is 12.4 Å². The van der Waals surface area contributed by atoms with Crippen LogP contribution >= 0.6 is 0 Å². The van der Waals surface area contributed by atoms with E-state index < -0.39 is 65.1 Å². The molecule has 0 aliphatic carbocycles. The van der Waals surface area contributed by atoms with Gasteiger partial charge in [-0.15, -0.1) is 0 Å². The van der Waals surface area contributed by atoms with Gasteiger partial charge >= 0.3 is 17.9 Å². The van der Waals surface area contributed by atoms with E-state index >= 15 is 0 Å². The van der Waals surface area contributed by atoms with Crippen LogP contribution in [0.15, 0.2) is 140 Å². The van der Waals surface area contributed by atoms with Crippen molar-refractivity contribution in [2.45, 2.75) is 30.7 Å². The van der Waals surface area contributed by atoms with Crippen molar-refractivity contribution in [3.05, 3.63) is 176 Å². The minimum atomic E-state index is -1.59. The van der Waals surface area contributed by atoms with Crippen molar-refractivity contribution in [2.75, 3.05) is 6.61 Å². The molecule has 0 bridgehead atoms. The normalized spacial score (nSPS) is 19.1. The van der Waals surface area contributed by atoms with E-state index in [1.54, 1.807) is 66.7 Å². The van der Waals surface area contributed by atoms with Crippen LogP contribution in [0.2, 0.25) is 0 Å². The first kappa shape index (κ1) is 36.7. The Morgan fingerprint density at radius 3 is 1.37 bits per heavy atom. The molecule has 5 aromatic rings. The van der Waals surface area contributed by atoms with Crippen LogP contribution in [0.4, 0.5) is 11.4 Å². The van der Waals surface area contributed by atoms with Crippen molar-refractivity contribution in [1.29, 1.82) is 0 Å². The molecule has 0 saturated carbocycles. The average Bonchev–Trinajstić information content (AvgIpc) is 3.20. The summed E-state index contributed by atoms with van der Waals surface area (Å²) in [5, 5.41) is 22.7. The van der Waals surface area contributed by atoms with Gasteiger partial charge in [-0.3, -0.25) is 20.2 Å². The van der Waals surface area contributed by atoms with E-state index in [-0.39, 0.29) is 39.6 Å². The monoisotopic (exact) mass is 734 g/mol. The van der Waals surface area contributed by atoms with Crippen molar-refractivity contribution in [3.8, 4) is 11.5 Å². The molecule has 274 valence electrons. The molecule has 1 fully saturated rings. The number of hydrogen-bond donors (Lipinski definition) is 0. The van der Waals surface area contributed by atoms with Crippen LogP contribution < -0.4 is 9.47 Å². The first-order valence-electron chi connectivity index (χ1n) is 16.4. The van der Waals surface area contributed by atoms with E-state index in [1.807, 2.05) is 0 Å². The highest BCUT2D eigenvalue weighted by Crippen LogP contribution is 2.34. The van der Waals surface area contributed by atoms with E-state index in [0.29, 0.717) is 0 Å². The van der Waals surface area contributed by atoms with Gasteiger partial charge in [0.1, 0.15) is 24.2 Å². The largest absolute Gasteiger partial charge is 0.483 e. The van der Waals surface area contributed by atoms with Gasteiger partial charge in [-0.25, -0.2) is 14.4 Å². The molecule has 0 amide bonds. The lowest BCUT2D eigenvalue weighted by molar-refractivity contribution is -0.385. The van der Waals surface area contributed by atoms with Crippen LogP contribution in [0, 0.1) is 20.2 Å². The lowest BCUT2D eigenvalue weighted by Crippen LogP contribution is -2.64. The van der Waals surface area contributed by atoms with Gasteiger partial charge in [0.05, 0.1) is 26.5 Å². The summed E-state index contributed by atoms with van der Waals surface area (Å²) < 4.78 is 36.5. The minimum Gasteiger partial charge on any atom is -0.483 e. The zero-order valence-electron chi connectivity index (χ0n) is 28.1. The van der Waals surface area contributed by atoms with Crippen LogP contribution in [0.5, 0.6) is 11.5 Å². The summed E-state index contributed by atoms with van der Waals surface area (Å²) in [6.07, 6.45) is -7.46. The third kappa shape index (κ3) is 9.02. The van der Waals surface area contributed by atoms with Gasteiger partial charge < -0.3 is 28.4 Å². The number of rotatable bonds is 13. The zero-order valence-corrected chi connectivity index (χ0v) is 28.1. The molecule has 0 radical (unpaired) electrons. The number of benzene rings is 5. The first-order chi connectivity index (χ1) is 26.2. The highest BCUT2D eigenvalue weighted by molar-refractivity contribution is 5.90. The van der Waals surface area contributed by atoms with Gasteiger partial charge in [0, 0.05) is 24.3 Å².